The predicted molar refractivity (Wildman–Crippen MR) is 58.0 cm³/mol. The van der Waals surface area contributed by atoms with Crippen molar-refractivity contribution in [3.63, 3.8) is 0 Å². The van der Waals surface area contributed by atoms with Crippen molar-refractivity contribution < 1.29 is 0 Å². The van der Waals surface area contributed by atoms with Crippen molar-refractivity contribution in [1.29, 1.82) is 0 Å². The fraction of sp³-hybridized carbons (Fsp3) is 0.200. The van der Waals surface area contributed by atoms with Crippen LogP contribution in [0.15, 0.2) is 24.5 Å². The van der Waals surface area contributed by atoms with Gasteiger partial charge in [-0.2, -0.15) is 0 Å². The summed E-state index contributed by atoms with van der Waals surface area (Å²) in [5, 5.41) is 0. The first-order valence-electron chi connectivity index (χ1n) is 4.37. The number of thiophene rings is 1. The summed E-state index contributed by atoms with van der Waals surface area (Å²) in [6, 6.07) is 4.10. The van der Waals surface area contributed by atoms with Crippen LogP contribution >= 0.6 is 11.3 Å². The Hall–Kier alpha value is -1.26. The molecule has 0 amide bonds. The number of aryl methyl sites for hydroxylation is 1. The van der Waals surface area contributed by atoms with Crippen LogP contribution in [0.5, 0.6) is 0 Å². The Morgan fingerprint density at radius 2 is 2.00 bits per heavy atom. The van der Waals surface area contributed by atoms with Gasteiger partial charge >= 0.3 is 0 Å². The van der Waals surface area contributed by atoms with E-state index in [1.54, 1.807) is 11.3 Å². The summed E-state index contributed by atoms with van der Waals surface area (Å²) in [6.45, 7) is 2.47. The van der Waals surface area contributed by atoms with E-state index in [4.69, 9.17) is 5.73 Å². The van der Waals surface area contributed by atoms with Crippen molar-refractivity contribution in [2.24, 2.45) is 5.73 Å². The Kier molecular flexibility index (Phi) is 2.56. The summed E-state index contributed by atoms with van der Waals surface area (Å²) in [5.41, 5.74) is 6.60. The molecule has 0 atom stereocenters. The van der Waals surface area contributed by atoms with Gasteiger partial charge in [0.25, 0.3) is 0 Å². The highest BCUT2D eigenvalue weighted by Crippen LogP contribution is 2.26. The lowest BCUT2D eigenvalue weighted by molar-refractivity contribution is 1.06. The molecular weight excluding hydrogens is 194 g/mol. The highest BCUT2D eigenvalue weighted by Gasteiger charge is 2.02. The van der Waals surface area contributed by atoms with Gasteiger partial charge in [0.1, 0.15) is 5.82 Å². The second kappa shape index (κ2) is 3.86. The molecule has 3 nitrogen and oxygen atoms in total. The molecule has 0 bridgehead atoms. The van der Waals surface area contributed by atoms with Crippen LogP contribution in [0.25, 0.3) is 10.4 Å². The van der Waals surface area contributed by atoms with Crippen molar-refractivity contribution in [2.75, 3.05) is 0 Å². The minimum Gasteiger partial charge on any atom is -0.326 e. The van der Waals surface area contributed by atoms with E-state index in [-0.39, 0.29) is 0 Å². The first kappa shape index (κ1) is 9.30. The topological polar surface area (TPSA) is 51.8 Å². The third-order valence-electron chi connectivity index (χ3n) is 1.93. The molecule has 4 heteroatoms. The Balaban J connectivity index is 2.34. The van der Waals surface area contributed by atoms with E-state index in [1.807, 2.05) is 25.4 Å². The molecule has 2 aromatic rings. The van der Waals surface area contributed by atoms with Crippen molar-refractivity contribution in [3.8, 4) is 10.4 Å². The maximum atomic E-state index is 5.54. The molecule has 0 aliphatic carbocycles. The van der Waals surface area contributed by atoms with Crippen LogP contribution < -0.4 is 5.73 Å². The first-order chi connectivity index (χ1) is 6.79. The molecule has 2 N–H and O–H groups in total. The molecule has 0 spiro atoms. The van der Waals surface area contributed by atoms with Crippen LogP contribution in [0.4, 0.5) is 0 Å². The molecule has 2 heterocycles. The lowest BCUT2D eigenvalue weighted by Crippen LogP contribution is -1.91. The van der Waals surface area contributed by atoms with Gasteiger partial charge in [0, 0.05) is 34.3 Å². The lowest BCUT2D eigenvalue weighted by atomic mass is 10.3. The number of hydrogen-bond donors (Lipinski definition) is 1. The molecule has 0 radical (unpaired) electrons. The monoisotopic (exact) mass is 205 g/mol. The Labute approximate surface area is 86.6 Å². The van der Waals surface area contributed by atoms with Gasteiger partial charge in [0.15, 0.2) is 0 Å². The third-order valence-corrected chi connectivity index (χ3v) is 3.08. The van der Waals surface area contributed by atoms with E-state index in [0.717, 1.165) is 11.4 Å². The predicted octanol–water partition coefficient (Wildman–Crippen LogP) is 1.97. The minimum atomic E-state index is 0.595. The lowest BCUT2D eigenvalue weighted by Gasteiger charge is -1.95. The highest BCUT2D eigenvalue weighted by molar-refractivity contribution is 7.15. The second-order valence-corrected chi connectivity index (χ2v) is 4.16. The number of nitrogens with zero attached hydrogens (tertiary/aromatic N) is 2. The normalized spacial score (nSPS) is 10.4. The van der Waals surface area contributed by atoms with E-state index >= 15 is 0 Å². The summed E-state index contributed by atoms with van der Waals surface area (Å²) >= 11 is 1.69. The van der Waals surface area contributed by atoms with Crippen LogP contribution in [0.2, 0.25) is 0 Å². The van der Waals surface area contributed by atoms with Crippen LogP contribution in [0.3, 0.4) is 0 Å². The summed E-state index contributed by atoms with van der Waals surface area (Å²) in [6.07, 6.45) is 3.68. The molecule has 72 valence electrons. The summed E-state index contributed by atoms with van der Waals surface area (Å²) in [5.74, 6) is 0.796. The molecule has 0 aliphatic heterocycles. The van der Waals surface area contributed by atoms with E-state index in [1.165, 1.54) is 9.75 Å². The van der Waals surface area contributed by atoms with Crippen molar-refractivity contribution in [2.45, 2.75) is 13.5 Å². The third kappa shape index (κ3) is 1.81. The fourth-order valence-corrected chi connectivity index (χ4v) is 2.02. The zero-order valence-electron chi connectivity index (χ0n) is 7.90. The van der Waals surface area contributed by atoms with Gasteiger partial charge in [-0.25, -0.2) is 9.97 Å². The molecule has 0 aliphatic rings. The molecule has 0 saturated heterocycles. The average Bonchev–Trinajstić information content (AvgIpc) is 2.67. The van der Waals surface area contributed by atoms with E-state index in [0.29, 0.717) is 6.54 Å². The number of nitrogens with two attached hydrogens (primary N) is 1. The van der Waals surface area contributed by atoms with Gasteiger partial charge < -0.3 is 5.73 Å². The molecule has 0 fully saturated rings. The SMILES string of the molecule is Cc1ncc(-c2ccc(CN)s2)cn1. The van der Waals surface area contributed by atoms with Crippen molar-refractivity contribution in [3.05, 3.63) is 35.2 Å². The summed E-state index contributed by atoms with van der Waals surface area (Å²) in [7, 11) is 0. The number of aromatic nitrogens is 2. The molecule has 0 saturated carbocycles. The van der Waals surface area contributed by atoms with Crippen LogP contribution in [-0.4, -0.2) is 9.97 Å². The van der Waals surface area contributed by atoms with Gasteiger partial charge in [-0.3, -0.25) is 0 Å². The minimum absolute atomic E-state index is 0.595. The first-order valence-corrected chi connectivity index (χ1v) is 5.19. The maximum Gasteiger partial charge on any atom is 0.125 e. The summed E-state index contributed by atoms with van der Waals surface area (Å²) < 4.78 is 0. The summed E-state index contributed by atoms with van der Waals surface area (Å²) in [4.78, 5) is 10.7. The molecule has 0 aromatic carbocycles. The number of rotatable bonds is 2. The van der Waals surface area contributed by atoms with Crippen LogP contribution in [-0.2, 0) is 6.54 Å². The standard InChI is InChI=1S/C10H11N3S/c1-7-12-5-8(6-13-7)10-3-2-9(4-11)14-10/h2-3,5-6H,4,11H2,1H3. The zero-order chi connectivity index (χ0) is 9.97. The molecule has 2 aromatic heterocycles. The quantitative estimate of drug-likeness (QED) is 0.815. The van der Waals surface area contributed by atoms with Crippen LogP contribution in [0, 0.1) is 6.92 Å². The van der Waals surface area contributed by atoms with Crippen molar-refractivity contribution >= 4 is 11.3 Å². The average molecular weight is 205 g/mol. The van der Waals surface area contributed by atoms with E-state index < -0.39 is 0 Å². The molecule has 14 heavy (non-hydrogen) atoms. The Morgan fingerprint density at radius 3 is 2.57 bits per heavy atom. The largest absolute Gasteiger partial charge is 0.326 e. The molecule has 2 rings (SSSR count). The Bertz CT molecular complexity index is 419. The maximum absolute atomic E-state index is 5.54. The van der Waals surface area contributed by atoms with Gasteiger partial charge in [-0.1, -0.05) is 0 Å². The molecule has 0 unspecified atom stereocenters. The van der Waals surface area contributed by atoms with Gasteiger partial charge in [0.05, 0.1) is 0 Å². The van der Waals surface area contributed by atoms with E-state index in [9.17, 15) is 0 Å². The van der Waals surface area contributed by atoms with Gasteiger partial charge in [-0.15, -0.1) is 11.3 Å². The Morgan fingerprint density at radius 1 is 1.29 bits per heavy atom. The number of hydrogen-bond acceptors (Lipinski definition) is 4. The second-order valence-electron chi connectivity index (χ2n) is 2.99. The van der Waals surface area contributed by atoms with E-state index in [2.05, 4.69) is 16.0 Å². The fourth-order valence-electron chi connectivity index (χ4n) is 1.16. The zero-order valence-corrected chi connectivity index (χ0v) is 8.71. The van der Waals surface area contributed by atoms with Crippen LogP contribution in [0.1, 0.15) is 10.7 Å². The molecular formula is C10H11N3S. The van der Waals surface area contributed by atoms with Crippen molar-refractivity contribution in [1.82, 2.24) is 9.97 Å². The smallest absolute Gasteiger partial charge is 0.125 e. The van der Waals surface area contributed by atoms with Gasteiger partial charge in [0.2, 0.25) is 0 Å². The van der Waals surface area contributed by atoms with Gasteiger partial charge in [-0.05, 0) is 19.1 Å². The highest BCUT2D eigenvalue weighted by atomic mass is 32.1.